The van der Waals surface area contributed by atoms with Crippen LogP contribution in [0, 0.1) is 26.2 Å². The summed E-state index contributed by atoms with van der Waals surface area (Å²) in [7, 11) is 0. The topological polar surface area (TPSA) is 55.6 Å². The number of fused-ring (bicyclic) bond motifs is 1. The zero-order valence-electron chi connectivity index (χ0n) is 15.6. The molecule has 2 aromatic rings. The van der Waals surface area contributed by atoms with Crippen LogP contribution in [0.4, 0.5) is 0 Å². The lowest BCUT2D eigenvalue weighted by Crippen LogP contribution is -2.39. The van der Waals surface area contributed by atoms with E-state index in [0.29, 0.717) is 11.7 Å². The Kier molecular flexibility index (Phi) is 5.95. The van der Waals surface area contributed by atoms with Gasteiger partial charge in [0, 0.05) is 36.7 Å². The minimum absolute atomic E-state index is 0.0385. The molecule has 1 N–H and O–H groups in total. The molecule has 1 amide bonds. The van der Waals surface area contributed by atoms with Gasteiger partial charge in [-0.1, -0.05) is 0 Å². The summed E-state index contributed by atoms with van der Waals surface area (Å²) in [4.78, 5) is 17.3. The number of terminal acetylenes is 1. The van der Waals surface area contributed by atoms with E-state index >= 15 is 0 Å². The Balaban J connectivity index is 1.54. The minimum atomic E-state index is -0.0385. The third kappa shape index (κ3) is 4.25. The van der Waals surface area contributed by atoms with Crippen LogP contribution in [-0.4, -0.2) is 34.0 Å². The summed E-state index contributed by atoms with van der Waals surface area (Å²) in [5.41, 5.74) is 3.37. The Morgan fingerprint density at radius 3 is 2.88 bits per heavy atom. The molecule has 0 aromatic carbocycles. The van der Waals surface area contributed by atoms with Gasteiger partial charge in [-0.3, -0.25) is 4.79 Å². The van der Waals surface area contributed by atoms with Crippen molar-refractivity contribution in [2.45, 2.75) is 64.5 Å². The van der Waals surface area contributed by atoms with Crippen molar-refractivity contribution in [2.24, 2.45) is 0 Å². The maximum atomic E-state index is 12.7. The lowest BCUT2D eigenvalue weighted by molar-refractivity contribution is 0.0216. The lowest BCUT2D eigenvalue weighted by Gasteiger charge is -2.29. The fraction of sp³-hybridized carbons (Fsp3) is 0.524. The van der Waals surface area contributed by atoms with Crippen LogP contribution in [-0.2, 0) is 4.74 Å². The quantitative estimate of drug-likeness (QED) is 0.639. The number of amides is 1. The number of aromatic nitrogens is 2. The number of hydrogen-bond donors (Lipinski definition) is 1. The molecule has 5 heteroatoms. The van der Waals surface area contributed by atoms with Gasteiger partial charge in [-0.15, -0.1) is 12.3 Å². The fourth-order valence-corrected chi connectivity index (χ4v) is 3.63. The highest BCUT2D eigenvalue weighted by Gasteiger charge is 2.24. The van der Waals surface area contributed by atoms with Crippen molar-refractivity contribution < 1.29 is 9.53 Å². The van der Waals surface area contributed by atoms with Gasteiger partial charge in [0.15, 0.2) is 0 Å². The van der Waals surface area contributed by atoms with E-state index in [0.717, 1.165) is 62.2 Å². The minimum Gasteiger partial charge on any atom is -0.378 e. The van der Waals surface area contributed by atoms with Crippen molar-refractivity contribution in [1.82, 2.24) is 14.7 Å². The molecule has 26 heavy (non-hydrogen) atoms. The zero-order chi connectivity index (χ0) is 18.5. The summed E-state index contributed by atoms with van der Waals surface area (Å²) in [5.74, 6) is 2.59. The third-order valence-corrected chi connectivity index (χ3v) is 5.01. The van der Waals surface area contributed by atoms with Gasteiger partial charge < -0.3 is 14.5 Å². The van der Waals surface area contributed by atoms with Gasteiger partial charge in [0.05, 0.1) is 11.7 Å². The Morgan fingerprint density at radius 2 is 2.15 bits per heavy atom. The van der Waals surface area contributed by atoms with Gasteiger partial charge in [-0.05, 0) is 58.1 Å². The second-order valence-electron chi connectivity index (χ2n) is 7.09. The molecule has 1 saturated carbocycles. The predicted octanol–water partition coefficient (Wildman–Crippen LogP) is 3.42. The Bertz CT molecular complexity index is 811. The number of nitrogens with zero attached hydrogens (tertiary/aromatic N) is 2. The average molecular weight is 353 g/mol. The van der Waals surface area contributed by atoms with E-state index in [2.05, 4.69) is 16.2 Å². The number of ether oxygens (including phenoxy) is 1. The summed E-state index contributed by atoms with van der Waals surface area (Å²) >= 11 is 0. The van der Waals surface area contributed by atoms with Crippen molar-refractivity contribution in [3.8, 4) is 12.3 Å². The van der Waals surface area contributed by atoms with Crippen molar-refractivity contribution >= 4 is 11.6 Å². The Hall–Kier alpha value is -2.32. The molecule has 1 fully saturated rings. The molecule has 0 atom stereocenters. The van der Waals surface area contributed by atoms with E-state index in [-0.39, 0.29) is 11.9 Å². The molecule has 1 aliphatic carbocycles. The van der Waals surface area contributed by atoms with Crippen LogP contribution in [0.5, 0.6) is 0 Å². The summed E-state index contributed by atoms with van der Waals surface area (Å²) in [5, 5.41) is 3.17. The van der Waals surface area contributed by atoms with E-state index in [1.807, 2.05) is 36.6 Å². The maximum Gasteiger partial charge on any atom is 0.255 e. The smallest absolute Gasteiger partial charge is 0.255 e. The van der Waals surface area contributed by atoms with Crippen molar-refractivity contribution in [3.63, 3.8) is 0 Å². The molecule has 3 rings (SSSR count). The normalized spacial score (nSPS) is 20.0. The van der Waals surface area contributed by atoms with Crippen molar-refractivity contribution in [3.05, 3.63) is 35.3 Å². The molecule has 138 valence electrons. The third-order valence-electron chi connectivity index (χ3n) is 5.01. The number of unbranched alkanes of at least 4 members (excludes halogenated alkanes) is 1. The van der Waals surface area contributed by atoms with Crippen LogP contribution in [0.25, 0.3) is 5.65 Å². The molecule has 1 aliphatic rings. The molecule has 0 aliphatic heterocycles. The van der Waals surface area contributed by atoms with Crippen LogP contribution >= 0.6 is 0 Å². The summed E-state index contributed by atoms with van der Waals surface area (Å²) in [6.45, 7) is 4.70. The first kappa shape index (κ1) is 18.5. The number of aryl methyl sites for hydroxylation is 2. The van der Waals surface area contributed by atoms with Crippen LogP contribution in [0.15, 0.2) is 18.3 Å². The van der Waals surface area contributed by atoms with Gasteiger partial charge in [-0.2, -0.15) is 0 Å². The van der Waals surface area contributed by atoms with Gasteiger partial charge in [0.25, 0.3) is 5.91 Å². The molecule has 0 unspecified atom stereocenters. The van der Waals surface area contributed by atoms with Crippen LogP contribution < -0.4 is 5.32 Å². The second kappa shape index (κ2) is 8.37. The SMILES string of the molecule is C#CCCCO[C@H]1CC[C@H](NC(=O)c2ccn3c(C)cc(C)nc23)CC1. The molecule has 0 bridgehead atoms. The number of hydrogen-bond acceptors (Lipinski definition) is 3. The van der Waals surface area contributed by atoms with Gasteiger partial charge in [-0.25, -0.2) is 4.98 Å². The van der Waals surface area contributed by atoms with Crippen LogP contribution in [0.3, 0.4) is 0 Å². The average Bonchev–Trinajstić information content (AvgIpc) is 3.04. The first-order valence-electron chi connectivity index (χ1n) is 9.39. The molecular formula is C21H27N3O2. The monoisotopic (exact) mass is 353 g/mol. The number of carbonyl (C=O) groups is 1. The first-order chi connectivity index (χ1) is 12.6. The highest BCUT2D eigenvalue weighted by atomic mass is 16.5. The van der Waals surface area contributed by atoms with E-state index in [1.54, 1.807) is 0 Å². The van der Waals surface area contributed by atoms with Crippen LogP contribution in [0.1, 0.15) is 60.3 Å². The summed E-state index contributed by atoms with van der Waals surface area (Å²) < 4.78 is 7.83. The molecule has 2 aromatic heterocycles. The molecule has 0 spiro atoms. The van der Waals surface area contributed by atoms with Gasteiger partial charge >= 0.3 is 0 Å². The number of nitrogens with one attached hydrogen (secondary N) is 1. The molecule has 0 radical (unpaired) electrons. The summed E-state index contributed by atoms with van der Waals surface area (Å²) in [6.07, 6.45) is 13.0. The zero-order valence-corrected chi connectivity index (χ0v) is 15.6. The predicted molar refractivity (Wildman–Crippen MR) is 102 cm³/mol. The maximum absolute atomic E-state index is 12.7. The highest BCUT2D eigenvalue weighted by molar-refractivity contribution is 6.00. The summed E-state index contributed by atoms with van der Waals surface area (Å²) in [6, 6.07) is 4.07. The molecule has 5 nitrogen and oxygen atoms in total. The van der Waals surface area contributed by atoms with Crippen molar-refractivity contribution in [2.75, 3.05) is 6.61 Å². The van der Waals surface area contributed by atoms with E-state index in [1.165, 1.54) is 0 Å². The van der Waals surface area contributed by atoms with E-state index < -0.39 is 0 Å². The molecule has 0 saturated heterocycles. The molecular weight excluding hydrogens is 326 g/mol. The van der Waals surface area contributed by atoms with Gasteiger partial charge in [0.1, 0.15) is 5.65 Å². The Morgan fingerprint density at radius 1 is 1.38 bits per heavy atom. The molecule has 2 heterocycles. The standard InChI is InChI=1S/C21H27N3O2/c1-4-5-6-13-26-18-9-7-17(8-10-18)23-21(25)19-11-12-24-16(3)14-15(2)22-20(19)24/h1,11-12,14,17-18H,5-10,13H2,2-3H3,(H,23,25)/t17-,18-. The fourth-order valence-electron chi connectivity index (χ4n) is 3.63. The van der Waals surface area contributed by atoms with E-state index in [4.69, 9.17) is 11.2 Å². The first-order valence-corrected chi connectivity index (χ1v) is 9.39. The van der Waals surface area contributed by atoms with E-state index in [9.17, 15) is 4.79 Å². The number of rotatable bonds is 6. The van der Waals surface area contributed by atoms with Gasteiger partial charge in [0.2, 0.25) is 0 Å². The highest BCUT2D eigenvalue weighted by Crippen LogP contribution is 2.22. The van der Waals surface area contributed by atoms with Crippen molar-refractivity contribution in [1.29, 1.82) is 0 Å². The Labute approximate surface area is 155 Å². The second-order valence-corrected chi connectivity index (χ2v) is 7.09. The lowest BCUT2D eigenvalue weighted by atomic mass is 9.92. The number of carbonyl (C=O) groups excluding carboxylic acids is 1. The largest absolute Gasteiger partial charge is 0.378 e. The van der Waals surface area contributed by atoms with Crippen LogP contribution in [0.2, 0.25) is 0 Å².